The second kappa shape index (κ2) is 10.7. The van der Waals surface area contributed by atoms with Crippen LogP contribution >= 0.6 is 0 Å². The van der Waals surface area contributed by atoms with E-state index < -0.39 is 21.8 Å². The van der Waals surface area contributed by atoms with Gasteiger partial charge >= 0.3 is 11.8 Å². The van der Waals surface area contributed by atoms with Crippen molar-refractivity contribution in [1.82, 2.24) is 15.4 Å². The van der Waals surface area contributed by atoms with Gasteiger partial charge in [0.1, 0.15) is 5.75 Å². The summed E-state index contributed by atoms with van der Waals surface area (Å²) in [5.41, 5.74) is 1.69. The van der Waals surface area contributed by atoms with Gasteiger partial charge < -0.3 is 15.4 Å². The molecule has 30 heavy (non-hydrogen) atoms. The number of carbonyl (C=O) groups excluding carboxylic acids is 2. The van der Waals surface area contributed by atoms with Crippen molar-refractivity contribution in [3.8, 4) is 5.75 Å². The van der Waals surface area contributed by atoms with Gasteiger partial charge in [0.2, 0.25) is 10.0 Å². The Labute approximate surface area is 177 Å². The Morgan fingerprint density at radius 3 is 2.03 bits per heavy atom. The number of sulfonamides is 1. The summed E-state index contributed by atoms with van der Waals surface area (Å²) in [6, 6.07) is 13.4. The van der Waals surface area contributed by atoms with Crippen LogP contribution in [0.2, 0.25) is 0 Å². The molecule has 2 aromatic carbocycles. The first-order valence-corrected chi connectivity index (χ1v) is 11.0. The van der Waals surface area contributed by atoms with Gasteiger partial charge in [0.05, 0.1) is 12.0 Å². The zero-order chi connectivity index (χ0) is 22.1. The monoisotopic (exact) mass is 433 g/mol. The Morgan fingerprint density at radius 1 is 0.900 bits per heavy atom. The average Bonchev–Trinajstić information content (AvgIpc) is 2.71. The molecule has 0 atom stereocenters. The number of methoxy groups -OCH3 is 1. The van der Waals surface area contributed by atoms with Crippen molar-refractivity contribution in [3.05, 3.63) is 59.7 Å². The molecule has 2 rings (SSSR count). The van der Waals surface area contributed by atoms with Gasteiger partial charge in [0.25, 0.3) is 0 Å². The summed E-state index contributed by atoms with van der Waals surface area (Å²) in [4.78, 5) is 24.0. The number of rotatable bonds is 9. The molecular formula is C21H27N3O5S. The highest BCUT2D eigenvalue weighted by atomic mass is 32.2. The van der Waals surface area contributed by atoms with Gasteiger partial charge in [0.15, 0.2) is 0 Å². The van der Waals surface area contributed by atoms with Crippen LogP contribution in [0.1, 0.15) is 25.0 Å². The van der Waals surface area contributed by atoms with E-state index in [4.69, 9.17) is 4.74 Å². The van der Waals surface area contributed by atoms with E-state index in [2.05, 4.69) is 15.4 Å². The number of hydrogen-bond acceptors (Lipinski definition) is 5. The number of nitrogens with one attached hydrogen (secondary N) is 3. The van der Waals surface area contributed by atoms with Gasteiger partial charge in [0, 0.05) is 19.1 Å². The fourth-order valence-electron chi connectivity index (χ4n) is 2.62. The van der Waals surface area contributed by atoms with Gasteiger partial charge in [-0.15, -0.1) is 0 Å². The Bertz CT molecular complexity index is 955. The van der Waals surface area contributed by atoms with E-state index in [9.17, 15) is 18.0 Å². The summed E-state index contributed by atoms with van der Waals surface area (Å²) in [6.07, 6.45) is 0.468. The Hall–Kier alpha value is -2.91. The molecule has 0 bridgehead atoms. The van der Waals surface area contributed by atoms with Crippen LogP contribution in [-0.2, 0) is 32.6 Å². The largest absolute Gasteiger partial charge is 0.497 e. The number of hydrogen-bond donors (Lipinski definition) is 3. The molecule has 0 aliphatic rings. The van der Waals surface area contributed by atoms with Crippen LogP contribution in [0.5, 0.6) is 5.75 Å². The Morgan fingerprint density at radius 2 is 1.47 bits per heavy atom. The van der Waals surface area contributed by atoms with Crippen molar-refractivity contribution in [2.45, 2.75) is 37.8 Å². The van der Waals surface area contributed by atoms with Crippen LogP contribution in [0.25, 0.3) is 0 Å². The molecule has 2 aromatic rings. The molecule has 0 saturated carbocycles. The lowest BCUT2D eigenvalue weighted by Gasteiger charge is -2.10. The standard InChI is InChI=1S/C21H27N3O5S/c1-15(2)24-30(27,28)19-10-6-16(7-11-19)12-13-22-20(25)21(26)23-14-17-4-8-18(29-3)9-5-17/h4-11,15,24H,12-14H2,1-3H3,(H,22,25)(H,23,26). The summed E-state index contributed by atoms with van der Waals surface area (Å²) in [7, 11) is -1.96. The van der Waals surface area contributed by atoms with Crippen LogP contribution < -0.4 is 20.1 Å². The van der Waals surface area contributed by atoms with E-state index in [1.54, 1.807) is 57.4 Å². The molecule has 0 saturated heterocycles. The zero-order valence-electron chi connectivity index (χ0n) is 17.3. The maximum atomic E-state index is 12.1. The van der Waals surface area contributed by atoms with E-state index in [1.165, 1.54) is 12.1 Å². The van der Waals surface area contributed by atoms with E-state index in [1.807, 2.05) is 0 Å². The molecule has 0 aliphatic carbocycles. The topological polar surface area (TPSA) is 114 Å². The molecule has 0 unspecified atom stereocenters. The van der Waals surface area contributed by atoms with Crippen molar-refractivity contribution in [3.63, 3.8) is 0 Å². The minimum atomic E-state index is -3.53. The molecule has 162 valence electrons. The molecule has 2 amide bonds. The molecule has 0 heterocycles. The predicted molar refractivity (Wildman–Crippen MR) is 113 cm³/mol. The molecule has 0 aliphatic heterocycles. The first-order chi connectivity index (χ1) is 14.2. The lowest BCUT2D eigenvalue weighted by Crippen LogP contribution is -2.40. The lowest BCUT2D eigenvalue weighted by molar-refractivity contribution is -0.139. The summed E-state index contributed by atoms with van der Waals surface area (Å²) < 4.78 is 31.8. The summed E-state index contributed by atoms with van der Waals surface area (Å²) in [6.45, 7) is 3.99. The van der Waals surface area contributed by atoms with Gasteiger partial charge in [-0.2, -0.15) is 0 Å². The van der Waals surface area contributed by atoms with E-state index in [0.717, 1.165) is 11.1 Å². The van der Waals surface area contributed by atoms with Crippen molar-refractivity contribution in [1.29, 1.82) is 0 Å². The smallest absolute Gasteiger partial charge is 0.309 e. The zero-order valence-corrected chi connectivity index (χ0v) is 18.1. The molecular weight excluding hydrogens is 406 g/mol. The molecule has 9 heteroatoms. The molecule has 0 fully saturated rings. The van der Waals surface area contributed by atoms with Gasteiger partial charge in [-0.25, -0.2) is 13.1 Å². The Kier molecular flexibility index (Phi) is 8.37. The molecule has 0 radical (unpaired) electrons. The SMILES string of the molecule is COc1ccc(CNC(=O)C(=O)NCCc2ccc(S(=O)(=O)NC(C)C)cc2)cc1. The second-order valence-corrected chi connectivity index (χ2v) is 8.67. The van der Waals surface area contributed by atoms with E-state index >= 15 is 0 Å². The normalized spacial score (nSPS) is 11.2. The summed E-state index contributed by atoms with van der Waals surface area (Å²) in [5, 5.41) is 5.11. The summed E-state index contributed by atoms with van der Waals surface area (Å²) >= 11 is 0. The highest BCUT2D eigenvalue weighted by Gasteiger charge is 2.15. The number of amides is 2. The first kappa shape index (κ1) is 23.4. The maximum absolute atomic E-state index is 12.1. The highest BCUT2D eigenvalue weighted by molar-refractivity contribution is 7.89. The number of ether oxygens (including phenoxy) is 1. The molecule has 0 spiro atoms. The highest BCUT2D eigenvalue weighted by Crippen LogP contribution is 2.12. The number of carbonyl (C=O) groups is 2. The third-order valence-electron chi connectivity index (χ3n) is 4.14. The van der Waals surface area contributed by atoms with Crippen LogP contribution in [0.3, 0.4) is 0 Å². The lowest BCUT2D eigenvalue weighted by atomic mass is 10.1. The third kappa shape index (κ3) is 7.16. The minimum absolute atomic E-state index is 0.182. The van der Waals surface area contributed by atoms with Crippen LogP contribution in [0, 0.1) is 0 Å². The summed E-state index contributed by atoms with van der Waals surface area (Å²) in [5.74, 6) is -0.722. The van der Waals surface area contributed by atoms with Crippen molar-refractivity contribution >= 4 is 21.8 Å². The quantitative estimate of drug-likeness (QED) is 0.517. The van der Waals surface area contributed by atoms with Crippen LogP contribution in [0.15, 0.2) is 53.4 Å². The Balaban J connectivity index is 1.77. The fourth-order valence-corrected chi connectivity index (χ4v) is 3.87. The first-order valence-electron chi connectivity index (χ1n) is 9.51. The van der Waals surface area contributed by atoms with Gasteiger partial charge in [-0.05, 0) is 55.7 Å². The number of benzene rings is 2. The van der Waals surface area contributed by atoms with E-state index in [-0.39, 0.29) is 24.0 Å². The van der Waals surface area contributed by atoms with Crippen molar-refractivity contribution in [2.75, 3.05) is 13.7 Å². The fraction of sp³-hybridized carbons (Fsp3) is 0.333. The molecule has 0 aromatic heterocycles. The predicted octanol–water partition coefficient (Wildman–Crippen LogP) is 1.36. The van der Waals surface area contributed by atoms with Crippen molar-refractivity contribution in [2.24, 2.45) is 0 Å². The minimum Gasteiger partial charge on any atom is -0.497 e. The second-order valence-electron chi connectivity index (χ2n) is 6.96. The van der Waals surface area contributed by atoms with Crippen LogP contribution in [-0.4, -0.2) is 39.9 Å². The van der Waals surface area contributed by atoms with Gasteiger partial charge in [-0.3, -0.25) is 9.59 Å². The van der Waals surface area contributed by atoms with E-state index in [0.29, 0.717) is 12.2 Å². The third-order valence-corrected chi connectivity index (χ3v) is 5.82. The van der Waals surface area contributed by atoms with Crippen LogP contribution in [0.4, 0.5) is 0 Å². The molecule has 8 nitrogen and oxygen atoms in total. The van der Waals surface area contributed by atoms with Gasteiger partial charge in [-0.1, -0.05) is 24.3 Å². The molecule has 3 N–H and O–H groups in total. The van der Waals surface area contributed by atoms with Crippen molar-refractivity contribution < 1.29 is 22.7 Å². The average molecular weight is 434 g/mol. The maximum Gasteiger partial charge on any atom is 0.309 e.